The van der Waals surface area contributed by atoms with Crippen LogP contribution in [0.4, 0.5) is 17.1 Å². The number of hydrogen-bond donors (Lipinski definition) is 3. The SMILES string of the molecule is COc1ccc(C(=O)Nc2ccccc2N2C(=O)c3ccc(N)cc3C2O)cc1. The van der Waals surface area contributed by atoms with Crippen LogP contribution in [0.15, 0.2) is 66.7 Å². The lowest BCUT2D eigenvalue weighted by molar-refractivity contribution is 0.0933. The molecule has 4 N–H and O–H groups in total. The van der Waals surface area contributed by atoms with E-state index in [0.29, 0.717) is 39.5 Å². The third-order valence-electron chi connectivity index (χ3n) is 4.81. The van der Waals surface area contributed by atoms with E-state index in [9.17, 15) is 14.7 Å². The van der Waals surface area contributed by atoms with Crippen LogP contribution in [-0.2, 0) is 0 Å². The Balaban J connectivity index is 1.65. The molecular formula is C22H19N3O4. The molecule has 0 aliphatic carbocycles. The predicted octanol–water partition coefficient (Wildman–Crippen LogP) is 3.18. The van der Waals surface area contributed by atoms with Crippen LogP contribution in [0.1, 0.15) is 32.5 Å². The first-order valence-electron chi connectivity index (χ1n) is 8.95. The Labute approximate surface area is 167 Å². The van der Waals surface area contributed by atoms with Gasteiger partial charge >= 0.3 is 0 Å². The Morgan fingerprint density at radius 2 is 1.83 bits per heavy atom. The number of fused-ring (bicyclic) bond motifs is 1. The summed E-state index contributed by atoms with van der Waals surface area (Å²) in [4.78, 5) is 26.8. The van der Waals surface area contributed by atoms with E-state index in [1.54, 1.807) is 73.8 Å². The quantitative estimate of drug-likeness (QED) is 0.595. The van der Waals surface area contributed by atoms with E-state index in [4.69, 9.17) is 10.5 Å². The molecule has 2 amide bonds. The van der Waals surface area contributed by atoms with Gasteiger partial charge in [-0.15, -0.1) is 0 Å². The van der Waals surface area contributed by atoms with E-state index in [-0.39, 0.29) is 11.8 Å². The zero-order chi connectivity index (χ0) is 20.5. The fourth-order valence-electron chi connectivity index (χ4n) is 3.34. The van der Waals surface area contributed by atoms with Crippen molar-refractivity contribution in [1.29, 1.82) is 0 Å². The number of anilines is 3. The standard InChI is InChI=1S/C22H19N3O4/c1-29-15-9-6-13(7-10-15)20(26)24-18-4-2-3-5-19(18)25-21(27)16-11-8-14(23)12-17(16)22(25)28/h2-12,22,28H,23H2,1H3,(H,24,26). The van der Waals surface area contributed by atoms with Gasteiger partial charge in [-0.3, -0.25) is 14.5 Å². The van der Waals surface area contributed by atoms with Crippen molar-refractivity contribution < 1.29 is 19.4 Å². The number of aliphatic hydroxyl groups excluding tert-OH is 1. The highest BCUT2D eigenvalue weighted by Gasteiger charge is 2.37. The topological polar surface area (TPSA) is 105 Å². The van der Waals surface area contributed by atoms with Crippen molar-refractivity contribution in [3.63, 3.8) is 0 Å². The fourth-order valence-corrected chi connectivity index (χ4v) is 3.34. The number of hydrogen-bond acceptors (Lipinski definition) is 5. The fraction of sp³-hybridized carbons (Fsp3) is 0.0909. The van der Waals surface area contributed by atoms with Gasteiger partial charge in [-0.05, 0) is 54.6 Å². The maximum atomic E-state index is 12.9. The summed E-state index contributed by atoms with van der Waals surface area (Å²) in [5.41, 5.74) is 8.30. The van der Waals surface area contributed by atoms with E-state index in [0.717, 1.165) is 0 Å². The van der Waals surface area contributed by atoms with Crippen molar-refractivity contribution in [3.8, 4) is 5.75 Å². The number of ether oxygens (including phenoxy) is 1. The summed E-state index contributed by atoms with van der Waals surface area (Å²) in [6, 6.07) is 18.3. The summed E-state index contributed by atoms with van der Waals surface area (Å²) in [7, 11) is 1.55. The number of nitrogens with two attached hydrogens (primary N) is 1. The van der Waals surface area contributed by atoms with Crippen LogP contribution in [0.5, 0.6) is 5.75 Å². The molecule has 0 radical (unpaired) electrons. The molecule has 1 heterocycles. The number of aliphatic hydroxyl groups is 1. The van der Waals surface area contributed by atoms with Crippen LogP contribution in [0, 0.1) is 0 Å². The molecule has 1 unspecified atom stereocenters. The van der Waals surface area contributed by atoms with E-state index < -0.39 is 6.23 Å². The van der Waals surface area contributed by atoms with Crippen molar-refractivity contribution in [1.82, 2.24) is 0 Å². The van der Waals surface area contributed by atoms with Gasteiger partial charge in [0.1, 0.15) is 5.75 Å². The average Bonchev–Trinajstić information content (AvgIpc) is 2.98. The summed E-state index contributed by atoms with van der Waals surface area (Å²) in [6.45, 7) is 0. The molecular weight excluding hydrogens is 370 g/mol. The summed E-state index contributed by atoms with van der Waals surface area (Å²) < 4.78 is 5.10. The van der Waals surface area contributed by atoms with Crippen molar-refractivity contribution in [2.75, 3.05) is 23.1 Å². The Morgan fingerprint density at radius 3 is 2.55 bits per heavy atom. The zero-order valence-electron chi connectivity index (χ0n) is 15.6. The van der Waals surface area contributed by atoms with Crippen LogP contribution in [0.2, 0.25) is 0 Å². The van der Waals surface area contributed by atoms with Crippen LogP contribution in [0.3, 0.4) is 0 Å². The Morgan fingerprint density at radius 1 is 1.10 bits per heavy atom. The Kier molecular flexibility index (Phi) is 4.66. The average molecular weight is 389 g/mol. The minimum atomic E-state index is -1.19. The maximum Gasteiger partial charge on any atom is 0.261 e. The number of para-hydroxylation sites is 2. The van der Waals surface area contributed by atoms with Gasteiger partial charge in [0.2, 0.25) is 0 Å². The second-order valence-corrected chi connectivity index (χ2v) is 6.60. The predicted molar refractivity (Wildman–Crippen MR) is 110 cm³/mol. The molecule has 3 aromatic rings. The molecule has 0 fully saturated rings. The molecule has 4 rings (SSSR count). The van der Waals surface area contributed by atoms with Crippen LogP contribution in [0.25, 0.3) is 0 Å². The number of nitrogens with zero attached hydrogens (tertiary/aromatic N) is 1. The number of rotatable bonds is 4. The Hall–Kier alpha value is -3.84. The lowest BCUT2D eigenvalue weighted by Crippen LogP contribution is -2.29. The van der Waals surface area contributed by atoms with Gasteiger partial charge in [-0.1, -0.05) is 12.1 Å². The van der Waals surface area contributed by atoms with E-state index >= 15 is 0 Å². The van der Waals surface area contributed by atoms with Crippen LogP contribution >= 0.6 is 0 Å². The van der Waals surface area contributed by atoms with E-state index in [1.807, 2.05) is 0 Å². The lowest BCUT2D eigenvalue weighted by Gasteiger charge is -2.24. The maximum absolute atomic E-state index is 12.9. The largest absolute Gasteiger partial charge is 0.497 e. The molecule has 0 aromatic heterocycles. The van der Waals surface area contributed by atoms with Gasteiger partial charge in [-0.2, -0.15) is 0 Å². The summed E-state index contributed by atoms with van der Waals surface area (Å²) in [6.07, 6.45) is -1.19. The Bertz CT molecular complexity index is 1100. The van der Waals surface area contributed by atoms with E-state index in [2.05, 4.69) is 5.32 Å². The number of nitrogens with one attached hydrogen (secondary N) is 1. The van der Waals surface area contributed by atoms with Gasteiger partial charge in [0.15, 0.2) is 6.23 Å². The highest BCUT2D eigenvalue weighted by Crippen LogP contribution is 2.40. The van der Waals surface area contributed by atoms with Crippen LogP contribution in [-0.4, -0.2) is 24.0 Å². The van der Waals surface area contributed by atoms with Crippen molar-refractivity contribution in [3.05, 3.63) is 83.4 Å². The third-order valence-corrected chi connectivity index (χ3v) is 4.81. The van der Waals surface area contributed by atoms with E-state index in [1.165, 1.54) is 4.90 Å². The molecule has 146 valence electrons. The second-order valence-electron chi connectivity index (χ2n) is 6.60. The lowest BCUT2D eigenvalue weighted by atomic mass is 10.1. The highest BCUT2D eigenvalue weighted by atomic mass is 16.5. The van der Waals surface area contributed by atoms with Crippen LogP contribution < -0.4 is 20.7 Å². The normalized spacial score (nSPS) is 15.2. The van der Waals surface area contributed by atoms with Gasteiger partial charge in [0.05, 0.1) is 18.5 Å². The summed E-state index contributed by atoms with van der Waals surface area (Å²) in [5, 5.41) is 13.6. The first kappa shape index (κ1) is 18.5. The molecule has 0 spiro atoms. The molecule has 1 atom stereocenters. The smallest absolute Gasteiger partial charge is 0.261 e. The number of methoxy groups -OCH3 is 1. The number of nitrogen functional groups attached to an aromatic ring is 1. The molecule has 1 aliphatic rings. The molecule has 0 saturated heterocycles. The minimum Gasteiger partial charge on any atom is -0.497 e. The molecule has 7 nitrogen and oxygen atoms in total. The van der Waals surface area contributed by atoms with Gasteiger partial charge < -0.3 is 20.9 Å². The van der Waals surface area contributed by atoms with Gasteiger partial charge in [-0.25, -0.2) is 0 Å². The molecule has 7 heteroatoms. The zero-order valence-corrected chi connectivity index (χ0v) is 15.6. The summed E-state index contributed by atoms with van der Waals surface area (Å²) in [5.74, 6) is -0.0635. The molecule has 0 bridgehead atoms. The molecule has 1 aliphatic heterocycles. The van der Waals surface area contributed by atoms with Gasteiger partial charge in [0, 0.05) is 22.4 Å². The van der Waals surface area contributed by atoms with Crippen molar-refractivity contribution in [2.24, 2.45) is 0 Å². The number of carbonyl (C=O) groups excluding carboxylic acids is 2. The minimum absolute atomic E-state index is 0.344. The molecule has 3 aromatic carbocycles. The summed E-state index contributed by atoms with van der Waals surface area (Å²) >= 11 is 0. The second kappa shape index (κ2) is 7.29. The molecule has 29 heavy (non-hydrogen) atoms. The molecule has 0 saturated carbocycles. The monoisotopic (exact) mass is 389 g/mol. The van der Waals surface area contributed by atoms with Crippen molar-refractivity contribution >= 4 is 28.9 Å². The van der Waals surface area contributed by atoms with Gasteiger partial charge in [0.25, 0.3) is 11.8 Å². The highest BCUT2D eigenvalue weighted by molar-refractivity contribution is 6.14. The van der Waals surface area contributed by atoms with Crippen molar-refractivity contribution in [2.45, 2.75) is 6.23 Å². The number of benzene rings is 3. The first-order chi connectivity index (χ1) is 14.0. The number of carbonyl (C=O) groups is 2. The first-order valence-corrected chi connectivity index (χ1v) is 8.95. The number of amides is 2. The third kappa shape index (κ3) is 3.28.